The van der Waals surface area contributed by atoms with Crippen LogP contribution >= 0.6 is 0 Å². The van der Waals surface area contributed by atoms with Gasteiger partial charge in [-0.2, -0.15) is 12.7 Å². The van der Waals surface area contributed by atoms with E-state index >= 15 is 0 Å². The van der Waals surface area contributed by atoms with E-state index in [0.29, 0.717) is 12.5 Å². The SMILES string of the molecule is CC(C)C(CNS(=O)(=O)N(C)C(C)C)N1CCN(C)CC1. The molecule has 1 N–H and O–H groups in total. The molecule has 0 aromatic carbocycles. The van der Waals surface area contributed by atoms with Crippen molar-refractivity contribution in [2.45, 2.75) is 39.8 Å². The van der Waals surface area contributed by atoms with E-state index in [1.54, 1.807) is 7.05 Å². The Morgan fingerprint density at radius 3 is 2.05 bits per heavy atom. The van der Waals surface area contributed by atoms with Gasteiger partial charge >= 0.3 is 0 Å². The number of hydrogen-bond acceptors (Lipinski definition) is 4. The number of rotatable bonds is 7. The fourth-order valence-electron chi connectivity index (χ4n) is 2.51. The Labute approximate surface area is 130 Å². The summed E-state index contributed by atoms with van der Waals surface area (Å²) in [5, 5.41) is 0. The van der Waals surface area contributed by atoms with Gasteiger partial charge in [-0.15, -0.1) is 0 Å². The maximum Gasteiger partial charge on any atom is 0.279 e. The third-order valence-corrected chi connectivity index (χ3v) is 6.07. The first-order valence-corrected chi connectivity index (χ1v) is 9.24. The average Bonchev–Trinajstić information content (AvgIpc) is 2.39. The van der Waals surface area contributed by atoms with Crippen LogP contribution in [0.2, 0.25) is 0 Å². The molecule has 7 heteroatoms. The summed E-state index contributed by atoms with van der Waals surface area (Å²) in [5.41, 5.74) is 0. The second-order valence-electron chi connectivity index (χ2n) is 6.61. The molecule has 0 aliphatic carbocycles. The number of hydrogen-bond donors (Lipinski definition) is 1. The van der Waals surface area contributed by atoms with Crippen LogP contribution in [0.3, 0.4) is 0 Å². The lowest BCUT2D eigenvalue weighted by molar-refractivity contribution is 0.0902. The van der Waals surface area contributed by atoms with E-state index in [1.807, 2.05) is 13.8 Å². The molecule has 6 nitrogen and oxygen atoms in total. The molecule has 1 aliphatic rings. The summed E-state index contributed by atoms with van der Waals surface area (Å²) >= 11 is 0. The lowest BCUT2D eigenvalue weighted by atomic mass is 10.0. The van der Waals surface area contributed by atoms with Crippen LogP contribution in [-0.2, 0) is 10.2 Å². The van der Waals surface area contributed by atoms with Gasteiger partial charge < -0.3 is 4.90 Å². The Hall–Kier alpha value is -0.210. The number of piperazine rings is 1. The van der Waals surface area contributed by atoms with Crippen LogP contribution in [0.15, 0.2) is 0 Å². The van der Waals surface area contributed by atoms with Crippen molar-refractivity contribution in [3.05, 3.63) is 0 Å². The second-order valence-corrected chi connectivity index (χ2v) is 8.43. The second kappa shape index (κ2) is 7.87. The normalized spacial score (nSPS) is 20.6. The molecule has 1 atom stereocenters. The largest absolute Gasteiger partial charge is 0.304 e. The predicted molar refractivity (Wildman–Crippen MR) is 87.5 cm³/mol. The van der Waals surface area contributed by atoms with Crippen molar-refractivity contribution in [2.75, 3.05) is 46.8 Å². The highest BCUT2D eigenvalue weighted by Gasteiger charge is 2.28. The van der Waals surface area contributed by atoms with E-state index in [0.717, 1.165) is 26.2 Å². The molecule has 1 aliphatic heterocycles. The smallest absolute Gasteiger partial charge is 0.279 e. The molecular formula is C14H32N4O2S. The van der Waals surface area contributed by atoms with Gasteiger partial charge in [-0.25, -0.2) is 4.72 Å². The molecule has 126 valence electrons. The van der Waals surface area contributed by atoms with Crippen LogP contribution in [0, 0.1) is 5.92 Å². The van der Waals surface area contributed by atoms with E-state index in [2.05, 4.69) is 35.4 Å². The Bertz CT molecular complexity index is 403. The third kappa shape index (κ3) is 5.49. The van der Waals surface area contributed by atoms with Gasteiger partial charge in [0.15, 0.2) is 0 Å². The van der Waals surface area contributed by atoms with E-state index in [9.17, 15) is 8.42 Å². The minimum atomic E-state index is -3.39. The van der Waals surface area contributed by atoms with Crippen molar-refractivity contribution in [3.63, 3.8) is 0 Å². The van der Waals surface area contributed by atoms with Crippen LogP contribution < -0.4 is 4.72 Å². The van der Waals surface area contributed by atoms with Gasteiger partial charge in [0.05, 0.1) is 0 Å². The van der Waals surface area contributed by atoms with Crippen molar-refractivity contribution < 1.29 is 8.42 Å². The zero-order chi connectivity index (χ0) is 16.2. The Kier molecular flexibility index (Phi) is 7.06. The third-order valence-electron chi connectivity index (χ3n) is 4.36. The summed E-state index contributed by atoms with van der Waals surface area (Å²) in [6.45, 7) is 12.6. The minimum absolute atomic E-state index is 0.0383. The van der Waals surface area contributed by atoms with Gasteiger partial charge in [0.2, 0.25) is 0 Å². The Morgan fingerprint density at radius 1 is 1.10 bits per heavy atom. The fraction of sp³-hybridized carbons (Fsp3) is 1.00. The molecule has 0 radical (unpaired) electrons. The van der Waals surface area contributed by atoms with Gasteiger partial charge in [0.1, 0.15) is 0 Å². The van der Waals surface area contributed by atoms with Gasteiger partial charge in [-0.3, -0.25) is 4.90 Å². The van der Waals surface area contributed by atoms with Crippen molar-refractivity contribution in [1.82, 2.24) is 18.8 Å². The molecular weight excluding hydrogens is 288 g/mol. The topological polar surface area (TPSA) is 55.9 Å². The summed E-state index contributed by atoms with van der Waals surface area (Å²) in [6, 6.07) is 0.206. The average molecular weight is 321 g/mol. The quantitative estimate of drug-likeness (QED) is 0.739. The zero-order valence-corrected chi connectivity index (χ0v) is 15.2. The summed E-state index contributed by atoms with van der Waals surface area (Å²) in [7, 11) is 0.354. The number of likely N-dealkylation sites (N-methyl/N-ethyl adjacent to an activating group) is 1. The number of nitrogens with zero attached hydrogens (tertiary/aromatic N) is 3. The van der Waals surface area contributed by atoms with Crippen molar-refractivity contribution in [2.24, 2.45) is 5.92 Å². The summed E-state index contributed by atoms with van der Waals surface area (Å²) in [6.07, 6.45) is 0. The minimum Gasteiger partial charge on any atom is -0.304 e. The highest BCUT2D eigenvalue weighted by Crippen LogP contribution is 2.13. The highest BCUT2D eigenvalue weighted by molar-refractivity contribution is 7.87. The van der Waals surface area contributed by atoms with Gasteiger partial charge in [0, 0.05) is 51.9 Å². The van der Waals surface area contributed by atoms with E-state index in [-0.39, 0.29) is 12.1 Å². The maximum atomic E-state index is 12.2. The highest BCUT2D eigenvalue weighted by atomic mass is 32.2. The summed E-state index contributed by atoms with van der Waals surface area (Å²) in [5.74, 6) is 0.417. The number of nitrogens with one attached hydrogen (secondary N) is 1. The summed E-state index contributed by atoms with van der Waals surface area (Å²) in [4.78, 5) is 4.72. The molecule has 0 aromatic heterocycles. The van der Waals surface area contributed by atoms with E-state index in [1.165, 1.54) is 4.31 Å². The van der Waals surface area contributed by atoms with E-state index in [4.69, 9.17) is 0 Å². The molecule has 0 spiro atoms. The molecule has 0 amide bonds. The molecule has 0 bridgehead atoms. The van der Waals surface area contributed by atoms with Crippen LogP contribution in [0.4, 0.5) is 0 Å². The van der Waals surface area contributed by atoms with Gasteiger partial charge in [-0.05, 0) is 26.8 Å². The van der Waals surface area contributed by atoms with Crippen LogP contribution in [0.1, 0.15) is 27.7 Å². The molecule has 1 rings (SSSR count). The molecule has 1 saturated heterocycles. The van der Waals surface area contributed by atoms with Crippen LogP contribution in [0.5, 0.6) is 0 Å². The van der Waals surface area contributed by atoms with E-state index < -0.39 is 10.2 Å². The van der Waals surface area contributed by atoms with Crippen LogP contribution in [-0.4, -0.2) is 81.4 Å². The van der Waals surface area contributed by atoms with Gasteiger partial charge in [0.25, 0.3) is 10.2 Å². The van der Waals surface area contributed by atoms with Gasteiger partial charge in [-0.1, -0.05) is 13.8 Å². The Balaban J connectivity index is 2.63. The lowest BCUT2D eigenvalue weighted by Crippen LogP contribution is -2.55. The summed E-state index contributed by atoms with van der Waals surface area (Å²) < 4.78 is 28.6. The first kappa shape index (κ1) is 18.8. The van der Waals surface area contributed by atoms with Crippen molar-refractivity contribution >= 4 is 10.2 Å². The molecule has 1 fully saturated rings. The van der Waals surface area contributed by atoms with Crippen molar-refractivity contribution in [3.8, 4) is 0 Å². The fourth-order valence-corrected chi connectivity index (χ4v) is 3.65. The molecule has 21 heavy (non-hydrogen) atoms. The molecule has 1 heterocycles. The monoisotopic (exact) mass is 320 g/mol. The van der Waals surface area contributed by atoms with Crippen molar-refractivity contribution in [1.29, 1.82) is 0 Å². The predicted octanol–water partition coefficient (Wildman–Crippen LogP) is 0.433. The molecule has 0 aromatic rings. The van der Waals surface area contributed by atoms with Crippen LogP contribution in [0.25, 0.3) is 0 Å². The maximum absolute atomic E-state index is 12.2. The lowest BCUT2D eigenvalue weighted by Gasteiger charge is -2.40. The molecule has 0 saturated carbocycles. The first-order chi connectivity index (χ1) is 9.65. The standard InChI is InChI=1S/C14H32N4O2S/c1-12(2)14(18-9-7-16(5)8-10-18)11-15-21(19,20)17(6)13(3)4/h12-15H,7-11H2,1-6H3. The first-order valence-electron chi connectivity index (χ1n) is 7.80. The zero-order valence-electron chi connectivity index (χ0n) is 14.3. The molecule has 1 unspecified atom stereocenters. The Morgan fingerprint density at radius 2 is 1.62 bits per heavy atom.